The van der Waals surface area contributed by atoms with Crippen molar-refractivity contribution >= 4 is 11.7 Å². The number of anilines is 1. The van der Waals surface area contributed by atoms with Gasteiger partial charge in [-0.25, -0.2) is 0 Å². The molecule has 2 heterocycles. The number of rotatable bonds is 2. The maximum Gasteiger partial charge on any atom is 0.302 e. The van der Waals surface area contributed by atoms with E-state index in [0.29, 0.717) is 6.61 Å². The van der Waals surface area contributed by atoms with Crippen LogP contribution in [0.25, 0.3) is 0 Å². The molecule has 1 aromatic rings. The summed E-state index contributed by atoms with van der Waals surface area (Å²) in [6, 6.07) is 6.55. The second kappa shape index (κ2) is 4.01. The number of nitrogens with zero attached hydrogens (tertiary/aromatic N) is 1. The van der Waals surface area contributed by atoms with Crippen LogP contribution in [0.5, 0.6) is 0 Å². The van der Waals surface area contributed by atoms with Crippen LogP contribution in [0.3, 0.4) is 0 Å². The summed E-state index contributed by atoms with van der Waals surface area (Å²) in [7, 11) is 0. The average molecular weight is 245 g/mol. The van der Waals surface area contributed by atoms with Crippen LogP contribution < -0.4 is 4.90 Å². The highest BCUT2D eigenvalue weighted by Crippen LogP contribution is 2.45. The largest absolute Gasteiger partial charge is 0.465 e. The fourth-order valence-corrected chi connectivity index (χ4v) is 3.27. The molecule has 3 heteroatoms. The van der Waals surface area contributed by atoms with Gasteiger partial charge in [-0.3, -0.25) is 4.79 Å². The molecule has 0 saturated heterocycles. The SMILES string of the molecule is CC(=O)OCC1(C)CN2CCCc3cccc1c32. The second-order valence-corrected chi connectivity index (χ2v) is 5.68. The summed E-state index contributed by atoms with van der Waals surface area (Å²) < 4.78 is 5.27. The van der Waals surface area contributed by atoms with Gasteiger partial charge in [0.15, 0.2) is 0 Å². The summed E-state index contributed by atoms with van der Waals surface area (Å²) in [4.78, 5) is 13.5. The number of hydrogen-bond acceptors (Lipinski definition) is 3. The Morgan fingerprint density at radius 1 is 1.50 bits per heavy atom. The highest BCUT2D eigenvalue weighted by molar-refractivity contribution is 5.69. The Balaban J connectivity index is 1.98. The first-order valence-electron chi connectivity index (χ1n) is 6.61. The third kappa shape index (κ3) is 1.69. The van der Waals surface area contributed by atoms with Crippen molar-refractivity contribution < 1.29 is 9.53 Å². The summed E-state index contributed by atoms with van der Waals surface area (Å²) in [6.07, 6.45) is 2.39. The lowest BCUT2D eigenvalue weighted by atomic mass is 9.84. The second-order valence-electron chi connectivity index (χ2n) is 5.68. The van der Waals surface area contributed by atoms with Gasteiger partial charge >= 0.3 is 5.97 Å². The number of esters is 1. The molecule has 0 spiro atoms. The van der Waals surface area contributed by atoms with Crippen molar-refractivity contribution in [1.29, 1.82) is 0 Å². The van der Waals surface area contributed by atoms with Crippen molar-refractivity contribution in [1.82, 2.24) is 0 Å². The van der Waals surface area contributed by atoms with Gasteiger partial charge in [-0.05, 0) is 24.0 Å². The summed E-state index contributed by atoms with van der Waals surface area (Å²) in [5, 5.41) is 0. The molecule has 1 unspecified atom stereocenters. The van der Waals surface area contributed by atoms with Crippen molar-refractivity contribution in [2.75, 3.05) is 24.6 Å². The summed E-state index contributed by atoms with van der Waals surface area (Å²) >= 11 is 0. The number of ether oxygens (including phenoxy) is 1. The minimum absolute atomic E-state index is 0.0542. The van der Waals surface area contributed by atoms with Crippen LogP contribution in [0.2, 0.25) is 0 Å². The Morgan fingerprint density at radius 3 is 3.11 bits per heavy atom. The molecular formula is C15H19NO2. The summed E-state index contributed by atoms with van der Waals surface area (Å²) in [6.45, 7) is 6.25. The summed E-state index contributed by atoms with van der Waals surface area (Å²) in [5.74, 6) is -0.192. The molecule has 0 fully saturated rings. The van der Waals surface area contributed by atoms with Gasteiger partial charge in [0.2, 0.25) is 0 Å². The molecule has 0 bridgehead atoms. The van der Waals surface area contributed by atoms with Gasteiger partial charge in [-0.15, -0.1) is 0 Å². The Labute approximate surface area is 108 Å². The van der Waals surface area contributed by atoms with Gasteiger partial charge in [0.05, 0.1) is 0 Å². The number of para-hydroxylation sites is 1. The molecule has 0 saturated carbocycles. The van der Waals surface area contributed by atoms with Crippen LogP contribution >= 0.6 is 0 Å². The minimum Gasteiger partial charge on any atom is -0.465 e. The highest BCUT2D eigenvalue weighted by Gasteiger charge is 2.41. The normalized spacial score (nSPS) is 24.9. The molecule has 3 rings (SSSR count). The van der Waals surface area contributed by atoms with Crippen LogP contribution in [0.4, 0.5) is 5.69 Å². The standard InChI is InChI=1S/C15H19NO2/c1-11(17)18-10-15(2)9-16-8-4-6-12-5-3-7-13(15)14(12)16/h3,5,7H,4,6,8-10H2,1-2H3. The van der Waals surface area contributed by atoms with Crippen LogP contribution in [0, 0.1) is 0 Å². The maximum atomic E-state index is 11.0. The number of carbonyl (C=O) groups excluding carboxylic acids is 1. The quantitative estimate of drug-likeness (QED) is 0.749. The van der Waals surface area contributed by atoms with E-state index in [0.717, 1.165) is 13.1 Å². The smallest absolute Gasteiger partial charge is 0.302 e. The zero-order chi connectivity index (χ0) is 12.8. The summed E-state index contributed by atoms with van der Waals surface area (Å²) in [5.41, 5.74) is 4.14. The number of aryl methyl sites for hydroxylation is 1. The van der Waals surface area contributed by atoms with Crippen molar-refractivity contribution in [3.63, 3.8) is 0 Å². The molecule has 1 atom stereocenters. The Kier molecular flexibility index (Phi) is 2.58. The van der Waals surface area contributed by atoms with Gasteiger partial charge in [-0.2, -0.15) is 0 Å². The molecule has 0 radical (unpaired) electrons. The van der Waals surface area contributed by atoms with Crippen LogP contribution in [0.1, 0.15) is 31.4 Å². The zero-order valence-electron chi connectivity index (χ0n) is 11.0. The highest BCUT2D eigenvalue weighted by atomic mass is 16.5. The van der Waals surface area contributed by atoms with E-state index < -0.39 is 0 Å². The number of carbonyl (C=O) groups is 1. The van der Waals surface area contributed by atoms with Gasteiger partial charge in [0.25, 0.3) is 0 Å². The molecule has 0 aliphatic carbocycles. The molecule has 96 valence electrons. The molecular weight excluding hydrogens is 226 g/mol. The fraction of sp³-hybridized carbons (Fsp3) is 0.533. The van der Waals surface area contributed by atoms with Crippen molar-refractivity contribution in [2.24, 2.45) is 0 Å². The number of benzene rings is 1. The number of hydrogen-bond donors (Lipinski definition) is 0. The van der Waals surface area contributed by atoms with Gasteiger partial charge < -0.3 is 9.64 Å². The molecule has 3 nitrogen and oxygen atoms in total. The van der Waals surface area contributed by atoms with E-state index in [2.05, 4.69) is 30.0 Å². The molecule has 1 aromatic carbocycles. The van der Waals surface area contributed by atoms with E-state index >= 15 is 0 Å². The molecule has 0 N–H and O–H groups in total. The predicted molar refractivity (Wildman–Crippen MR) is 71.0 cm³/mol. The van der Waals surface area contributed by atoms with Crippen molar-refractivity contribution in [3.05, 3.63) is 29.3 Å². The molecule has 2 aliphatic rings. The predicted octanol–water partition coefficient (Wildman–Crippen LogP) is 2.27. The first kappa shape index (κ1) is 11.6. The van der Waals surface area contributed by atoms with E-state index in [9.17, 15) is 4.79 Å². The lowest BCUT2D eigenvalue weighted by molar-refractivity contribution is -0.142. The van der Waals surface area contributed by atoms with E-state index in [-0.39, 0.29) is 11.4 Å². The average Bonchev–Trinajstić information content (AvgIpc) is 2.64. The topological polar surface area (TPSA) is 29.5 Å². The first-order valence-corrected chi connectivity index (χ1v) is 6.61. The molecule has 2 aliphatic heterocycles. The Bertz CT molecular complexity index is 497. The van der Waals surface area contributed by atoms with Crippen LogP contribution in [-0.4, -0.2) is 25.7 Å². The van der Waals surface area contributed by atoms with Crippen molar-refractivity contribution in [2.45, 2.75) is 32.1 Å². The van der Waals surface area contributed by atoms with Crippen molar-refractivity contribution in [3.8, 4) is 0 Å². The van der Waals surface area contributed by atoms with E-state index in [1.165, 1.54) is 36.6 Å². The first-order chi connectivity index (χ1) is 8.60. The third-order valence-electron chi connectivity index (χ3n) is 4.09. The van der Waals surface area contributed by atoms with E-state index in [4.69, 9.17) is 4.74 Å². The lowest BCUT2D eigenvalue weighted by Gasteiger charge is -2.28. The monoisotopic (exact) mass is 245 g/mol. The third-order valence-corrected chi connectivity index (χ3v) is 4.09. The van der Waals surface area contributed by atoms with E-state index in [1.807, 2.05) is 0 Å². The van der Waals surface area contributed by atoms with Gasteiger partial charge in [-0.1, -0.05) is 25.1 Å². The fourth-order valence-electron chi connectivity index (χ4n) is 3.27. The molecule has 0 amide bonds. The zero-order valence-corrected chi connectivity index (χ0v) is 11.0. The maximum absolute atomic E-state index is 11.0. The Morgan fingerprint density at radius 2 is 2.33 bits per heavy atom. The van der Waals surface area contributed by atoms with Crippen LogP contribution in [0.15, 0.2) is 18.2 Å². The van der Waals surface area contributed by atoms with E-state index in [1.54, 1.807) is 0 Å². The Hall–Kier alpha value is -1.51. The minimum atomic E-state index is -0.192. The molecule has 18 heavy (non-hydrogen) atoms. The molecule has 0 aromatic heterocycles. The lowest BCUT2D eigenvalue weighted by Crippen LogP contribution is -2.36. The van der Waals surface area contributed by atoms with Gasteiger partial charge in [0.1, 0.15) is 6.61 Å². The van der Waals surface area contributed by atoms with Gasteiger partial charge in [0, 0.05) is 31.1 Å². The van der Waals surface area contributed by atoms with Crippen LogP contribution in [-0.2, 0) is 21.4 Å².